The number of esters is 2. The SMILES string of the molecule is CC/C=C\C/C=C\C/C=C\C/C=C\CCCCCCCCC(=O)O[C@H](COC(=O)CCC/C=C/C/C=C\C[C@H](O)/C=C\C=C/CCCCC)COP(=O)(O)OC1[C@H](O)[C@H](O)C(O)[C@H](O)[C@H]1O. The number of hydrogen-bond acceptors (Lipinski definition) is 13. The van der Waals surface area contributed by atoms with Crippen molar-refractivity contribution in [1.29, 1.82) is 0 Å². The summed E-state index contributed by atoms with van der Waals surface area (Å²) >= 11 is 0. The van der Waals surface area contributed by atoms with Gasteiger partial charge >= 0.3 is 19.8 Å². The Hall–Kier alpha value is -3.27. The van der Waals surface area contributed by atoms with Crippen LogP contribution < -0.4 is 0 Å². The zero-order valence-electron chi connectivity index (χ0n) is 39.6. The zero-order valence-corrected chi connectivity index (χ0v) is 40.4. The molecule has 66 heavy (non-hydrogen) atoms. The number of allylic oxidation sites excluding steroid dienone is 14. The second kappa shape index (κ2) is 39.7. The normalized spacial score (nSPS) is 22.6. The average molecular weight is 951 g/mol. The quantitative estimate of drug-likeness (QED) is 0.0101. The van der Waals surface area contributed by atoms with Crippen molar-refractivity contribution in [2.45, 2.75) is 198 Å². The Labute approximate surface area is 394 Å². The number of phosphoric ester groups is 1. The minimum atomic E-state index is -5.16. The maximum absolute atomic E-state index is 12.8. The van der Waals surface area contributed by atoms with Gasteiger partial charge in [-0.3, -0.25) is 18.6 Å². The smallest absolute Gasteiger partial charge is 0.462 e. The van der Waals surface area contributed by atoms with Crippen LogP contribution in [0.15, 0.2) is 97.2 Å². The van der Waals surface area contributed by atoms with Gasteiger partial charge in [-0.25, -0.2) is 4.57 Å². The Kier molecular flexibility index (Phi) is 36.5. The van der Waals surface area contributed by atoms with E-state index in [1.807, 2.05) is 36.5 Å². The molecule has 7 N–H and O–H groups in total. The topological polar surface area (TPSA) is 230 Å². The molecule has 0 amide bonds. The Morgan fingerprint density at radius 2 is 1.06 bits per heavy atom. The van der Waals surface area contributed by atoms with Gasteiger partial charge in [0.1, 0.15) is 43.2 Å². The largest absolute Gasteiger partial charge is 0.472 e. The van der Waals surface area contributed by atoms with E-state index in [0.29, 0.717) is 32.1 Å². The molecule has 0 saturated heterocycles. The van der Waals surface area contributed by atoms with Gasteiger partial charge in [0.05, 0.1) is 12.7 Å². The van der Waals surface area contributed by atoms with Crippen LogP contribution in [0.5, 0.6) is 0 Å². The molecule has 14 nitrogen and oxygen atoms in total. The summed E-state index contributed by atoms with van der Waals surface area (Å²) < 4.78 is 33.5. The van der Waals surface area contributed by atoms with Crippen LogP contribution in [0.4, 0.5) is 0 Å². The van der Waals surface area contributed by atoms with Crippen molar-refractivity contribution in [1.82, 2.24) is 0 Å². The molecule has 0 radical (unpaired) electrons. The highest BCUT2D eigenvalue weighted by Gasteiger charge is 2.51. The summed E-state index contributed by atoms with van der Waals surface area (Å²) in [5.41, 5.74) is 0. The standard InChI is InChI=1S/C51H83O14P/c1-3-5-7-9-11-12-13-14-15-16-17-18-19-20-21-22-26-31-35-39-45(54)64-43(41-63-66(60,61)65-51-49(58)47(56)46(55)48(57)50(51)59)40-62-44(53)38-34-30-27-23-25-29-33-37-42(52)36-32-28-24-10-8-6-4-2/h5,7,11-12,14-15,17-18,23-24,27-29,32-33,36,42-43,46-52,55-59H,3-4,6,8-10,13,16,19-22,25-26,30-31,34-35,37-41H2,1-2H3,(H,60,61)/b7-5-,12-11-,15-14-,18-17-,27-23+,28-24-,33-29-,36-32-/t42-,43-,46?,47-,48+,49-,50-,51?/m1/s1. The van der Waals surface area contributed by atoms with Crippen LogP contribution in [-0.4, -0.2) is 110 Å². The molecule has 376 valence electrons. The van der Waals surface area contributed by atoms with Crippen molar-refractivity contribution in [2.75, 3.05) is 13.2 Å². The number of unbranched alkanes of at least 4 members (excludes halogenated alkanes) is 10. The molecule has 0 aromatic rings. The molecule has 1 fully saturated rings. The lowest BCUT2D eigenvalue weighted by Gasteiger charge is -2.41. The van der Waals surface area contributed by atoms with Gasteiger partial charge in [-0.15, -0.1) is 0 Å². The molecule has 1 saturated carbocycles. The maximum atomic E-state index is 12.8. The molecule has 0 aliphatic heterocycles. The summed E-state index contributed by atoms with van der Waals surface area (Å²) in [6.07, 6.45) is 36.2. The molecular formula is C51H83O14P. The van der Waals surface area contributed by atoms with Crippen molar-refractivity contribution in [3.8, 4) is 0 Å². The predicted molar refractivity (Wildman–Crippen MR) is 259 cm³/mol. The average Bonchev–Trinajstić information content (AvgIpc) is 3.29. The Morgan fingerprint density at radius 3 is 1.68 bits per heavy atom. The van der Waals surface area contributed by atoms with Crippen molar-refractivity contribution < 1.29 is 68.2 Å². The molecule has 1 aliphatic carbocycles. The van der Waals surface area contributed by atoms with E-state index in [9.17, 15) is 49.7 Å². The molecule has 9 atom stereocenters. The van der Waals surface area contributed by atoms with Crippen molar-refractivity contribution in [3.05, 3.63) is 97.2 Å². The van der Waals surface area contributed by atoms with Gasteiger partial charge in [0.25, 0.3) is 0 Å². The van der Waals surface area contributed by atoms with E-state index in [0.717, 1.165) is 70.6 Å². The van der Waals surface area contributed by atoms with Gasteiger partial charge in [0.15, 0.2) is 6.10 Å². The number of phosphoric acid groups is 1. The van der Waals surface area contributed by atoms with E-state index >= 15 is 0 Å². The van der Waals surface area contributed by atoms with Gasteiger partial charge in [-0.05, 0) is 83.5 Å². The van der Waals surface area contributed by atoms with E-state index < -0.39 is 81.8 Å². The fourth-order valence-electron chi connectivity index (χ4n) is 6.58. The van der Waals surface area contributed by atoms with Gasteiger partial charge in [-0.2, -0.15) is 0 Å². The molecule has 0 aromatic carbocycles. The van der Waals surface area contributed by atoms with Crippen LogP contribution in [0.1, 0.15) is 149 Å². The van der Waals surface area contributed by atoms with Crippen LogP contribution in [0.25, 0.3) is 0 Å². The number of rotatable bonds is 38. The van der Waals surface area contributed by atoms with Crippen LogP contribution >= 0.6 is 7.82 Å². The third kappa shape index (κ3) is 31.7. The minimum absolute atomic E-state index is 0.0479. The van der Waals surface area contributed by atoms with E-state index in [2.05, 4.69) is 68.5 Å². The lowest BCUT2D eigenvalue weighted by molar-refractivity contribution is -0.220. The fourth-order valence-corrected chi connectivity index (χ4v) is 7.56. The van der Waals surface area contributed by atoms with Crippen molar-refractivity contribution in [3.63, 3.8) is 0 Å². The van der Waals surface area contributed by atoms with Gasteiger partial charge < -0.3 is 45.0 Å². The lowest BCUT2D eigenvalue weighted by atomic mass is 9.85. The van der Waals surface area contributed by atoms with E-state index in [-0.39, 0.29) is 12.8 Å². The van der Waals surface area contributed by atoms with Crippen molar-refractivity contribution in [2.24, 2.45) is 0 Å². The molecule has 1 aliphatic rings. The van der Waals surface area contributed by atoms with E-state index in [1.165, 1.54) is 19.3 Å². The number of carbonyl (C=O) groups excluding carboxylic acids is 2. The zero-order chi connectivity index (χ0) is 48.7. The van der Waals surface area contributed by atoms with Crippen LogP contribution in [-0.2, 0) is 32.7 Å². The second-order valence-corrected chi connectivity index (χ2v) is 17.8. The molecule has 1 rings (SSSR count). The van der Waals surface area contributed by atoms with Crippen molar-refractivity contribution >= 4 is 19.8 Å². The Morgan fingerprint density at radius 1 is 0.561 bits per heavy atom. The lowest BCUT2D eigenvalue weighted by Crippen LogP contribution is -2.64. The first kappa shape index (κ1) is 60.7. The molecule has 0 spiro atoms. The highest BCUT2D eigenvalue weighted by atomic mass is 31.2. The summed E-state index contributed by atoms with van der Waals surface area (Å²) in [7, 11) is -5.16. The Bertz CT molecular complexity index is 1540. The van der Waals surface area contributed by atoms with Crippen LogP contribution in [0.2, 0.25) is 0 Å². The van der Waals surface area contributed by atoms with E-state index in [4.69, 9.17) is 18.5 Å². The van der Waals surface area contributed by atoms with Crippen LogP contribution in [0, 0.1) is 0 Å². The highest BCUT2D eigenvalue weighted by Crippen LogP contribution is 2.47. The predicted octanol–water partition coefficient (Wildman–Crippen LogP) is 8.80. The molecule has 15 heteroatoms. The third-order valence-electron chi connectivity index (χ3n) is 10.5. The van der Waals surface area contributed by atoms with Crippen LogP contribution in [0.3, 0.4) is 0 Å². The molecule has 0 heterocycles. The number of ether oxygens (including phenoxy) is 2. The molecule has 0 bridgehead atoms. The van der Waals surface area contributed by atoms with Gasteiger partial charge in [0.2, 0.25) is 0 Å². The number of carbonyl (C=O) groups is 2. The maximum Gasteiger partial charge on any atom is 0.472 e. The van der Waals surface area contributed by atoms with Gasteiger partial charge in [-0.1, -0.05) is 150 Å². The molecular weight excluding hydrogens is 868 g/mol. The number of aliphatic hydroxyl groups excluding tert-OH is 6. The monoisotopic (exact) mass is 951 g/mol. The number of hydrogen-bond donors (Lipinski definition) is 7. The second-order valence-electron chi connectivity index (χ2n) is 16.4. The molecule has 0 aromatic heterocycles. The van der Waals surface area contributed by atoms with E-state index in [1.54, 1.807) is 6.08 Å². The summed E-state index contributed by atoms with van der Waals surface area (Å²) in [5, 5.41) is 60.3. The summed E-state index contributed by atoms with van der Waals surface area (Å²) in [6, 6.07) is 0. The minimum Gasteiger partial charge on any atom is -0.462 e. The number of aliphatic hydroxyl groups is 6. The first-order valence-electron chi connectivity index (χ1n) is 24.1. The Balaban J connectivity index is 2.52. The third-order valence-corrected chi connectivity index (χ3v) is 11.5. The summed E-state index contributed by atoms with van der Waals surface area (Å²) in [6.45, 7) is 3.02. The first-order valence-corrected chi connectivity index (χ1v) is 25.6. The highest BCUT2D eigenvalue weighted by molar-refractivity contribution is 7.47. The first-order chi connectivity index (χ1) is 31.8. The summed E-state index contributed by atoms with van der Waals surface area (Å²) in [4.78, 5) is 35.8. The fraction of sp³-hybridized carbons (Fsp3) is 0.647. The summed E-state index contributed by atoms with van der Waals surface area (Å²) in [5.74, 6) is -1.23. The molecule has 3 unspecified atom stereocenters. The van der Waals surface area contributed by atoms with Gasteiger partial charge in [0, 0.05) is 12.8 Å².